The summed E-state index contributed by atoms with van der Waals surface area (Å²) in [4.78, 5) is 27.9. The van der Waals surface area contributed by atoms with Gasteiger partial charge in [0.1, 0.15) is 17.5 Å². The van der Waals surface area contributed by atoms with Crippen LogP contribution in [0.15, 0.2) is 54.6 Å². The van der Waals surface area contributed by atoms with Crippen molar-refractivity contribution in [3.8, 4) is 11.5 Å². The van der Waals surface area contributed by atoms with E-state index >= 15 is 0 Å². The van der Waals surface area contributed by atoms with Crippen molar-refractivity contribution in [3.63, 3.8) is 0 Å². The number of carbonyl (C=O) groups excluding carboxylic acids is 2. The number of rotatable bonds is 11. The number of amides is 2. The van der Waals surface area contributed by atoms with Crippen LogP contribution in [0.5, 0.6) is 11.5 Å². The van der Waals surface area contributed by atoms with Crippen molar-refractivity contribution < 1.29 is 19.1 Å². The molecule has 0 bridgehead atoms. The molecule has 1 aliphatic carbocycles. The molecular weight excluding hydrogens is 416 g/mol. The lowest BCUT2D eigenvalue weighted by Crippen LogP contribution is -2.50. The van der Waals surface area contributed by atoms with Gasteiger partial charge in [0.2, 0.25) is 11.8 Å². The first-order chi connectivity index (χ1) is 16.1. The molecule has 1 aliphatic rings. The van der Waals surface area contributed by atoms with Crippen LogP contribution >= 0.6 is 0 Å². The molecule has 1 saturated carbocycles. The van der Waals surface area contributed by atoms with Crippen molar-refractivity contribution in [2.75, 3.05) is 13.7 Å². The highest BCUT2D eigenvalue weighted by molar-refractivity contribution is 5.87. The van der Waals surface area contributed by atoms with Crippen molar-refractivity contribution >= 4 is 11.8 Å². The highest BCUT2D eigenvalue weighted by Crippen LogP contribution is 2.20. The van der Waals surface area contributed by atoms with Crippen LogP contribution in [0.1, 0.15) is 57.4 Å². The normalized spacial score (nSPS) is 14.8. The zero-order valence-corrected chi connectivity index (χ0v) is 19.8. The van der Waals surface area contributed by atoms with Gasteiger partial charge in [-0.2, -0.15) is 0 Å². The van der Waals surface area contributed by atoms with Crippen LogP contribution in [0.25, 0.3) is 0 Å². The van der Waals surface area contributed by atoms with E-state index in [1.54, 1.807) is 12.0 Å². The molecule has 0 unspecified atom stereocenters. The van der Waals surface area contributed by atoms with Gasteiger partial charge in [0.05, 0.1) is 13.7 Å². The molecule has 0 heterocycles. The largest absolute Gasteiger partial charge is 0.497 e. The van der Waals surface area contributed by atoms with Gasteiger partial charge in [-0.25, -0.2) is 0 Å². The van der Waals surface area contributed by atoms with Gasteiger partial charge in [0.25, 0.3) is 0 Å². The molecule has 0 saturated heterocycles. The number of methoxy groups -OCH3 is 1. The fourth-order valence-electron chi connectivity index (χ4n) is 4.19. The van der Waals surface area contributed by atoms with E-state index in [-0.39, 0.29) is 17.9 Å². The molecule has 0 aliphatic heterocycles. The van der Waals surface area contributed by atoms with Crippen molar-refractivity contribution in [2.45, 2.75) is 70.5 Å². The van der Waals surface area contributed by atoms with E-state index in [0.29, 0.717) is 26.0 Å². The predicted octanol–water partition coefficient (Wildman–Crippen LogP) is 4.72. The fraction of sp³-hybridized carbons (Fsp3) is 0.481. The third-order valence-electron chi connectivity index (χ3n) is 6.15. The molecular formula is C27H36N2O4. The number of nitrogens with one attached hydrogen (secondary N) is 1. The highest BCUT2D eigenvalue weighted by atomic mass is 16.5. The van der Waals surface area contributed by atoms with E-state index in [1.807, 2.05) is 61.5 Å². The average Bonchev–Trinajstić information content (AvgIpc) is 2.86. The zero-order valence-electron chi connectivity index (χ0n) is 19.8. The van der Waals surface area contributed by atoms with Gasteiger partial charge in [-0.05, 0) is 56.0 Å². The van der Waals surface area contributed by atoms with Gasteiger partial charge < -0.3 is 19.7 Å². The van der Waals surface area contributed by atoms with Crippen molar-refractivity contribution in [3.05, 3.63) is 60.2 Å². The minimum Gasteiger partial charge on any atom is -0.497 e. The van der Waals surface area contributed by atoms with Crippen LogP contribution in [0.4, 0.5) is 0 Å². The lowest BCUT2D eigenvalue weighted by molar-refractivity contribution is -0.141. The summed E-state index contributed by atoms with van der Waals surface area (Å²) in [6.45, 7) is 2.62. The summed E-state index contributed by atoms with van der Waals surface area (Å²) in [5.74, 6) is 1.38. The number of ether oxygens (including phenoxy) is 2. The van der Waals surface area contributed by atoms with Crippen LogP contribution in [0.2, 0.25) is 0 Å². The van der Waals surface area contributed by atoms with E-state index in [2.05, 4.69) is 5.32 Å². The Hall–Kier alpha value is -3.02. The second-order valence-corrected chi connectivity index (χ2v) is 8.66. The summed E-state index contributed by atoms with van der Waals surface area (Å²) in [5.41, 5.74) is 0.931. The molecule has 0 spiro atoms. The second-order valence-electron chi connectivity index (χ2n) is 8.66. The molecule has 1 atom stereocenters. The molecule has 0 aromatic heterocycles. The maximum Gasteiger partial charge on any atom is 0.242 e. The van der Waals surface area contributed by atoms with E-state index < -0.39 is 6.04 Å². The maximum atomic E-state index is 13.2. The van der Waals surface area contributed by atoms with Gasteiger partial charge in [0, 0.05) is 19.0 Å². The Morgan fingerprint density at radius 2 is 1.76 bits per heavy atom. The zero-order chi connectivity index (χ0) is 23.5. The third kappa shape index (κ3) is 7.81. The molecule has 6 heteroatoms. The summed E-state index contributed by atoms with van der Waals surface area (Å²) < 4.78 is 11.1. The summed E-state index contributed by atoms with van der Waals surface area (Å²) >= 11 is 0. The Labute approximate surface area is 197 Å². The van der Waals surface area contributed by atoms with Crippen LogP contribution in [0, 0.1) is 0 Å². The summed E-state index contributed by atoms with van der Waals surface area (Å²) in [7, 11) is 1.62. The van der Waals surface area contributed by atoms with Crippen LogP contribution in [-0.4, -0.2) is 42.5 Å². The molecule has 0 radical (unpaired) electrons. The van der Waals surface area contributed by atoms with E-state index in [9.17, 15) is 9.59 Å². The molecule has 1 N–H and O–H groups in total. The molecule has 178 valence electrons. The number of nitrogens with zero attached hydrogens (tertiary/aromatic N) is 1. The Morgan fingerprint density at radius 1 is 1.03 bits per heavy atom. The first kappa shape index (κ1) is 24.6. The van der Waals surface area contributed by atoms with Gasteiger partial charge >= 0.3 is 0 Å². The highest BCUT2D eigenvalue weighted by Gasteiger charge is 2.28. The molecule has 6 nitrogen and oxygen atoms in total. The predicted molar refractivity (Wildman–Crippen MR) is 129 cm³/mol. The Morgan fingerprint density at radius 3 is 2.48 bits per heavy atom. The average molecular weight is 453 g/mol. The maximum absolute atomic E-state index is 13.2. The van der Waals surface area contributed by atoms with E-state index in [0.717, 1.165) is 42.7 Å². The van der Waals surface area contributed by atoms with Gasteiger partial charge in [-0.1, -0.05) is 49.6 Å². The molecule has 33 heavy (non-hydrogen) atoms. The van der Waals surface area contributed by atoms with E-state index in [4.69, 9.17) is 9.47 Å². The van der Waals surface area contributed by atoms with Crippen LogP contribution < -0.4 is 14.8 Å². The topological polar surface area (TPSA) is 67.9 Å². The fourth-order valence-corrected chi connectivity index (χ4v) is 4.19. The summed E-state index contributed by atoms with van der Waals surface area (Å²) in [5, 5.41) is 3.17. The first-order valence-electron chi connectivity index (χ1n) is 12.0. The number of carbonyl (C=O) groups is 2. The van der Waals surface area contributed by atoms with Crippen LogP contribution in [-0.2, 0) is 16.1 Å². The third-order valence-corrected chi connectivity index (χ3v) is 6.15. The molecule has 2 aromatic carbocycles. The lowest BCUT2D eigenvalue weighted by atomic mass is 9.95. The number of benzene rings is 2. The smallest absolute Gasteiger partial charge is 0.242 e. The Bertz CT molecular complexity index is 881. The quantitative estimate of drug-likeness (QED) is 0.501. The van der Waals surface area contributed by atoms with Gasteiger partial charge in [-0.15, -0.1) is 0 Å². The minimum atomic E-state index is -0.555. The van der Waals surface area contributed by atoms with Crippen molar-refractivity contribution in [1.82, 2.24) is 10.2 Å². The number of para-hydroxylation sites is 1. The molecule has 1 fully saturated rings. The van der Waals surface area contributed by atoms with Gasteiger partial charge in [-0.3, -0.25) is 9.59 Å². The molecule has 3 rings (SSSR count). The number of hydrogen-bond acceptors (Lipinski definition) is 4. The van der Waals surface area contributed by atoms with Crippen LogP contribution in [0.3, 0.4) is 0 Å². The van der Waals surface area contributed by atoms with Gasteiger partial charge in [0.15, 0.2) is 0 Å². The standard InChI is InChI=1S/C27H36N2O4/c1-21(27(31)28-23-12-5-3-6-13-23)29(20-22-11-9-16-25(19-22)32-2)26(30)17-10-18-33-24-14-7-4-8-15-24/h4,7-9,11,14-16,19,21,23H,3,5-6,10,12-13,17-18,20H2,1-2H3,(H,28,31)/t21-/m1/s1. The number of hydrogen-bond donors (Lipinski definition) is 1. The van der Waals surface area contributed by atoms with Crippen molar-refractivity contribution in [2.24, 2.45) is 0 Å². The monoisotopic (exact) mass is 452 g/mol. The SMILES string of the molecule is COc1cccc(CN(C(=O)CCCOc2ccccc2)[C@H](C)C(=O)NC2CCCCC2)c1. The second kappa shape index (κ2) is 12.9. The van der Waals surface area contributed by atoms with E-state index in [1.165, 1.54) is 6.42 Å². The Kier molecular flexibility index (Phi) is 9.60. The summed E-state index contributed by atoms with van der Waals surface area (Å²) in [6.07, 6.45) is 6.45. The molecule has 2 aromatic rings. The summed E-state index contributed by atoms with van der Waals surface area (Å²) in [6, 6.07) is 16.9. The van der Waals surface area contributed by atoms with Crippen molar-refractivity contribution in [1.29, 1.82) is 0 Å². The first-order valence-corrected chi connectivity index (χ1v) is 12.0. The minimum absolute atomic E-state index is 0.0548. The lowest BCUT2D eigenvalue weighted by Gasteiger charge is -2.31. The molecule has 2 amide bonds. The Balaban J connectivity index is 1.62.